The molecule has 1 N–H and O–H groups in total. The lowest BCUT2D eigenvalue weighted by molar-refractivity contribution is 0.423. The monoisotopic (exact) mass is 438 g/mol. The van der Waals surface area contributed by atoms with E-state index < -0.39 is 0 Å². The maximum Gasteiger partial charge on any atom is 0.173 e. The SMILES string of the molecule is S=C(Nc1ccc(Oc2ccccc2)cc1)N(CCc1ccccc1)Cc1ccccc1. The average molecular weight is 439 g/mol. The molecule has 0 amide bonds. The van der Waals surface area contributed by atoms with E-state index in [9.17, 15) is 0 Å². The number of rotatable bonds is 8. The van der Waals surface area contributed by atoms with Crippen molar-refractivity contribution in [2.75, 3.05) is 11.9 Å². The van der Waals surface area contributed by atoms with Crippen LogP contribution in [0.25, 0.3) is 0 Å². The molecule has 0 aliphatic heterocycles. The number of benzene rings is 4. The quantitative estimate of drug-likeness (QED) is 0.302. The fraction of sp³-hybridized carbons (Fsp3) is 0.107. The molecule has 4 heteroatoms. The van der Waals surface area contributed by atoms with E-state index in [1.807, 2.05) is 66.7 Å². The Kier molecular flexibility index (Phi) is 7.51. The minimum Gasteiger partial charge on any atom is -0.457 e. The van der Waals surface area contributed by atoms with Crippen molar-refractivity contribution in [1.29, 1.82) is 0 Å². The van der Waals surface area contributed by atoms with Gasteiger partial charge in [-0.2, -0.15) is 0 Å². The summed E-state index contributed by atoms with van der Waals surface area (Å²) in [4.78, 5) is 2.21. The Morgan fingerprint density at radius 1 is 0.656 bits per heavy atom. The molecule has 0 saturated carbocycles. The summed E-state index contributed by atoms with van der Waals surface area (Å²) in [6.07, 6.45) is 0.930. The molecule has 32 heavy (non-hydrogen) atoms. The van der Waals surface area contributed by atoms with Crippen molar-refractivity contribution in [3.8, 4) is 11.5 Å². The highest BCUT2D eigenvalue weighted by molar-refractivity contribution is 7.80. The van der Waals surface area contributed by atoms with Crippen molar-refractivity contribution in [3.63, 3.8) is 0 Å². The van der Waals surface area contributed by atoms with Gasteiger partial charge in [0.15, 0.2) is 5.11 Å². The first-order valence-corrected chi connectivity index (χ1v) is 11.1. The number of nitrogens with one attached hydrogen (secondary N) is 1. The van der Waals surface area contributed by atoms with Crippen LogP contribution in [-0.2, 0) is 13.0 Å². The molecule has 0 heterocycles. The van der Waals surface area contributed by atoms with Crippen molar-refractivity contribution in [2.24, 2.45) is 0 Å². The average Bonchev–Trinajstić information content (AvgIpc) is 2.85. The second-order valence-electron chi connectivity index (χ2n) is 7.51. The number of hydrogen-bond acceptors (Lipinski definition) is 2. The Labute approximate surface area is 195 Å². The molecule has 0 radical (unpaired) electrons. The first-order chi connectivity index (χ1) is 15.8. The van der Waals surface area contributed by atoms with Gasteiger partial charge in [-0.1, -0.05) is 78.9 Å². The third-order valence-corrected chi connectivity index (χ3v) is 5.46. The molecule has 4 aromatic carbocycles. The summed E-state index contributed by atoms with van der Waals surface area (Å²) in [5.74, 6) is 1.61. The molecule has 0 atom stereocenters. The van der Waals surface area contributed by atoms with E-state index in [2.05, 4.69) is 58.7 Å². The van der Waals surface area contributed by atoms with Crippen molar-refractivity contribution in [2.45, 2.75) is 13.0 Å². The molecular weight excluding hydrogens is 412 g/mol. The van der Waals surface area contributed by atoms with Gasteiger partial charge in [0.2, 0.25) is 0 Å². The Bertz CT molecular complexity index is 1100. The van der Waals surface area contributed by atoms with Gasteiger partial charge in [-0.05, 0) is 66.2 Å². The highest BCUT2D eigenvalue weighted by Crippen LogP contribution is 2.23. The van der Waals surface area contributed by atoms with Crippen LogP contribution < -0.4 is 10.1 Å². The number of thiocarbonyl (C=S) groups is 1. The third kappa shape index (κ3) is 6.43. The van der Waals surface area contributed by atoms with Gasteiger partial charge in [0.05, 0.1) is 0 Å². The summed E-state index contributed by atoms with van der Waals surface area (Å²) in [5.41, 5.74) is 3.47. The smallest absolute Gasteiger partial charge is 0.173 e. The largest absolute Gasteiger partial charge is 0.457 e. The standard InChI is InChI=1S/C28H26N2OS/c32-28(29-25-16-18-27(19-17-25)31-26-14-8-3-9-15-26)30(22-24-12-6-2-7-13-24)21-20-23-10-4-1-5-11-23/h1-19H,20-22H2,(H,29,32). The maximum absolute atomic E-state index is 5.88. The zero-order valence-electron chi connectivity index (χ0n) is 17.9. The van der Waals surface area contributed by atoms with Gasteiger partial charge in [0.25, 0.3) is 0 Å². The van der Waals surface area contributed by atoms with Crippen molar-refractivity contribution < 1.29 is 4.74 Å². The highest BCUT2D eigenvalue weighted by Gasteiger charge is 2.11. The van der Waals surface area contributed by atoms with E-state index in [1.54, 1.807) is 0 Å². The zero-order valence-corrected chi connectivity index (χ0v) is 18.7. The van der Waals surface area contributed by atoms with E-state index >= 15 is 0 Å². The van der Waals surface area contributed by atoms with Gasteiger partial charge in [0, 0.05) is 18.8 Å². The molecule has 0 spiro atoms. The van der Waals surface area contributed by atoms with Crippen LogP contribution in [0.2, 0.25) is 0 Å². The van der Waals surface area contributed by atoms with Gasteiger partial charge >= 0.3 is 0 Å². The molecule has 0 fully saturated rings. The maximum atomic E-state index is 5.88. The number of hydrogen-bond donors (Lipinski definition) is 1. The number of para-hydroxylation sites is 1. The Hall–Kier alpha value is -3.63. The topological polar surface area (TPSA) is 24.5 Å². The molecule has 0 aromatic heterocycles. The first-order valence-electron chi connectivity index (χ1n) is 10.7. The van der Waals surface area contributed by atoms with Crippen molar-refractivity contribution in [1.82, 2.24) is 4.90 Å². The lowest BCUT2D eigenvalue weighted by atomic mass is 10.1. The molecule has 0 bridgehead atoms. The molecule has 0 aliphatic rings. The van der Waals surface area contributed by atoms with Gasteiger partial charge in [0.1, 0.15) is 11.5 Å². The zero-order chi connectivity index (χ0) is 22.0. The summed E-state index contributed by atoms with van der Waals surface area (Å²) < 4.78 is 5.88. The minimum atomic E-state index is 0.710. The van der Waals surface area contributed by atoms with Gasteiger partial charge in [-0.15, -0.1) is 0 Å². The lowest BCUT2D eigenvalue weighted by Gasteiger charge is -2.26. The van der Waals surface area contributed by atoms with Crippen molar-refractivity contribution >= 4 is 23.0 Å². The summed E-state index contributed by atoms with van der Waals surface area (Å²) in [5, 5.41) is 4.10. The predicted molar refractivity (Wildman–Crippen MR) is 136 cm³/mol. The normalized spacial score (nSPS) is 10.4. The molecule has 0 aliphatic carbocycles. The van der Waals surface area contributed by atoms with Crippen LogP contribution in [0.4, 0.5) is 5.69 Å². The predicted octanol–water partition coefficient (Wildman–Crippen LogP) is 6.92. The summed E-state index contributed by atoms with van der Waals surface area (Å²) >= 11 is 5.79. The Balaban J connectivity index is 1.41. The first kappa shape index (κ1) is 21.6. The highest BCUT2D eigenvalue weighted by atomic mass is 32.1. The lowest BCUT2D eigenvalue weighted by Crippen LogP contribution is -2.35. The van der Waals surface area contributed by atoms with Gasteiger partial charge < -0.3 is 15.0 Å². The van der Waals surface area contributed by atoms with E-state index in [0.29, 0.717) is 5.11 Å². The van der Waals surface area contributed by atoms with E-state index in [-0.39, 0.29) is 0 Å². The molecule has 0 unspecified atom stereocenters. The van der Waals surface area contributed by atoms with Crippen LogP contribution in [0.15, 0.2) is 115 Å². The van der Waals surface area contributed by atoms with Crippen LogP contribution in [0.1, 0.15) is 11.1 Å². The molecular formula is C28H26N2OS. The molecule has 160 valence electrons. The van der Waals surface area contributed by atoms with Gasteiger partial charge in [-0.25, -0.2) is 0 Å². The van der Waals surface area contributed by atoms with E-state index in [1.165, 1.54) is 11.1 Å². The fourth-order valence-electron chi connectivity index (χ4n) is 3.40. The van der Waals surface area contributed by atoms with Crippen molar-refractivity contribution in [3.05, 3.63) is 126 Å². The van der Waals surface area contributed by atoms with E-state index in [4.69, 9.17) is 17.0 Å². The molecule has 4 aromatic rings. The van der Waals surface area contributed by atoms with Gasteiger partial charge in [-0.3, -0.25) is 0 Å². The summed E-state index contributed by atoms with van der Waals surface area (Å²) in [6, 6.07) is 38.6. The van der Waals surface area contributed by atoms with Crippen LogP contribution in [0, 0.1) is 0 Å². The molecule has 0 saturated heterocycles. The van der Waals surface area contributed by atoms with Crippen LogP contribution in [-0.4, -0.2) is 16.6 Å². The Morgan fingerprint density at radius 3 is 1.81 bits per heavy atom. The Morgan fingerprint density at radius 2 is 1.19 bits per heavy atom. The number of anilines is 1. The second-order valence-corrected chi connectivity index (χ2v) is 7.90. The second kappa shape index (κ2) is 11.1. The van der Waals surface area contributed by atoms with Crippen LogP contribution >= 0.6 is 12.2 Å². The minimum absolute atomic E-state index is 0.710. The number of nitrogens with zero attached hydrogens (tertiary/aromatic N) is 1. The summed E-state index contributed by atoms with van der Waals surface area (Å²) in [6.45, 7) is 1.59. The third-order valence-electron chi connectivity index (χ3n) is 5.10. The molecule has 4 rings (SSSR count). The number of ether oxygens (including phenoxy) is 1. The fourth-order valence-corrected chi connectivity index (χ4v) is 3.67. The molecule has 3 nitrogen and oxygen atoms in total. The van der Waals surface area contributed by atoms with E-state index in [0.717, 1.165) is 36.7 Å². The van der Waals surface area contributed by atoms with Crippen LogP contribution in [0.5, 0.6) is 11.5 Å². The van der Waals surface area contributed by atoms with Crippen LogP contribution in [0.3, 0.4) is 0 Å². The summed E-state index contributed by atoms with van der Waals surface area (Å²) in [7, 11) is 0.